The summed E-state index contributed by atoms with van der Waals surface area (Å²) in [6.07, 6.45) is 3.21. The van der Waals surface area contributed by atoms with Gasteiger partial charge in [-0.2, -0.15) is 5.10 Å². The number of hydrogen-bond acceptors (Lipinski definition) is 4. The standard InChI is InChI=1S/C9H11N5.2ClH/c10-13-9-3-1-8(2-4-9)5-14-7-11-6-12-14;;/h1-4,6-7,13H,5,10H2;2*1H. The Morgan fingerprint density at radius 2 is 1.88 bits per heavy atom. The number of aromatic nitrogens is 3. The molecule has 2 aromatic rings. The van der Waals surface area contributed by atoms with Crippen LogP contribution in [-0.4, -0.2) is 14.8 Å². The molecule has 0 bridgehead atoms. The maximum absolute atomic E-state index is 5.26. The molecule has 0 saturated heterocycles. The first kappa shape index (κ1) is 14.7. The molecule has 0 aliphatic carbocycles. The fraction of sp³-hybridized carbons (Fsp3) is 0.111. The lowest BCUT2D eigenvalue weighted by Gasteiger charge is -2.03. The van der Waals surface area contributed by atoms with Gasteiger partial charge in [0.15, 0.2) is 0 Å². The van der Waals surface area contributed by atoms with Gasteiger partial charge < -0.3 is 5.43 Å². The summed E-state index contributed by atoms with van der Waals surface area (Å²) >= 11 is 0. The molecular formula is C9H13Cl2N5. The van der Waals surface area contributed by atoms with Crippen molar-refractivity contribution in [2.75, 3.05) is 5.43 Å². The van der Waals surface area contributed by atoms with Crippen molar-refractivity contribution in [3.8, 4) is 0 Å². The van der Waals surface area contributed by atoms with Crippen LogP contribution >= 0.6 is 24.8 Å². The van der Waals surface area contributed by atoms with E-state index in [1.807, 2.05) is 24.3 Å². The average molecular weight is 262 g/mol. The Kier molecular flexibility index (Phi) is 6.48. The van der Waals surface area contributed by atoms with Gasteiger partial charge in [-0.25, -0.2) is 9.67 Å². The quantitative estimate of drug-likeness (QED) is 0.649. The van der Waals surface area contributed by atoms with Crippen molar-refractivity contribution >= 4 is 30.5 Å². The molecule has 0 radical (unpaired) electrons. The van der Waals surface area contributed by atoms with Gasteiger partial charge in [0.2, 0.25) is 0 Å². The third-order valence-corrected chi connectivity index (χ3v) is 1.93. The topological polar surface area (TPSA) is 68.8 Å². The predicted molar refractivity (Wildman–Crippen MR) is 67.9 cm³/mol. The molecule has 0 fully saturated rings. The minimum Gasteiger partial charge on any atom is -0.324 e. The fourth-order valence-corrected chi connectivity index (χ4v) is 1.21. The first-order valence-corrected chi connectivity index (χ1v) is 4.26. The molecule has 0 saturated carbocycles. The van der Waals surface area contributed by atoms with Gasteiger partial charge in [0, 0.05) is 5.69 Å². The molecule has 1 aromatic heterocycles. The number of benzene rings is 1. The molecule has 88 valence electrons. The lowest BCUT2D eigenvalue weighted by molar-refractivity contribution is 0.685. The van der Waals surface area contributed by atoms with Crippen molar-refractivity contribution in [2.24, 2.45) is 5.84 Å². The summed E-state index contributed by atoms with van der Waals surface area (Å²) in [5.41, 5.74) is 4.64. The Morgan fingerprint density at radius 3 is 2.38 bits per heavy atom. The van der Waals surface area contributed by atoms with Crippen molar-refractivity contribution in [3.05, 3.63) is 42.5 Å². The highest BCUT2D eigenvalue weighted by molar-refractivity contribution is 5.85. The van der Waals surface area contributed by atoms with Crippen molar-refractivity contribution in [2.45, 2.75) is 6.54 Å². The Morgan fingerprint density at radius 1 is 1.19 bits per heavy atom. The number of nitrogen functional groups attached to an aromatic ring is 1. The molecule has 2 rings (SSSR count). The highest BCUT2D eigenvalue weighted by Gasteiger charge is 1.95. The van der Waals surface area contributed by atoms with E-state index in [1.165, 1.54) is 6.33 Å². The minimum absolute atomic E-state index is 0. The number of halogens is 2. The van der Waals surface area contributed by atoms with Gasteiger partial charge in [-0.15, -0.1) is 24.8 Å². The summed E-state index contributed by atoms with van der Waals surface area (Å²) in [6.45, 7) is 0.727. The maximum atomic E-state index is 5.26. The molecule has 0 spiro atoms. The Hall–Kier alpha value is -1.30. The fourth-order valence-electron chi connectivity index (χ4n) is 1.21. The third kappa shape index (κ3) is 3.69. The van der Waals surface area contributed by atoms with Crippen LogP contribution in [-0.2, 0) is 6.54 Å². The van der Waals surface area contributed by atoms with Gasteiger partial charge in [0.1, 0.15) is 12.7 Å². The smallest absolute Gasteiger partial charge is 0.137 e. The van der Waals surface area contributed by atoms with E-state index < -0.39 is 0 Å². The van der Waals surface area contributed by atoms with E-state index in [4.69, 9.17) is 5.84 Å². The number of hydrazine groups is 1. The molecule has 0 aliphatic heterocycles. The highest BCUT2D eigenvalue weighted by Crippen LogP contribution is 2.08. The van der Waals surface area contributed by atoms with Gasteiger partial charge >= 0.3 is 0 Å². The first-order chi connectivity index (χ1) is 6.88. The van der Waals surface area contributed by atoms with Crippen molar-refractivity contribution in [1.29, 1.82) is 0 Å². The predicted octanol–water partition coefficient (Wildman–Crippen LogP) is 1.46. The van der Waals surface area contributed by atoms with E-state index >= 15 is 0 Å². The Bertz CT molecular complexity index is 387. The Labute approximate surface area is 106 Å². The molecule has 7 heteroatoms. The van der Waals surface area contributed by atoms with Crippen LogP contribution < -0.4 is 11.3 Å². The van der Waals surface area contributed by atoms with Gasteiger partial charge in [-0.3, -0.25) is 5.84 Å². The van der Waals surface area contributed by atoms with Crippen LogP contribution in [0.2, 0.25) is 0 Å². The molecule has 1 aromatic carbocycles. The molecule has 16 heavy (non-hydrogen) atoms. The molecular weight excluding hydrogens is 249 g/mol. The second-order valence-corrected chi connectivity index (χ2v) is 2.93. The zero-order chi connectivity index (χ0) is 9.80. The molecule has 0 aliphatic rings. The normalized spacial score (nSPS) is 8.81. The number of rotatable bonds is 3. The summed E-state index contributed by atoms with van der Waals surface area (Å²) in [6, 6.07) is 7.84. The van der Waals surface area contributed by atoms with Crippen LogP contribution in [0.5, 0.6) is 0 Å². The SMILES string of the molecule is Cl.Cl.NNc1ccc(Cn2cncn2)cc1. The van der Waals surface area contributed by atoms with Crippen molar-refractivity contribution in [1.82, 2.24) is 14.8 Å². The van der Waals surface area contributed by atoms with Gasteiger partial charge in [-0.05, 0) is 17.7 Å². The minimum atomic E-state index is 0. The third-order valence-electron chi connectivity index (χ3n) is 1.93. The van der Waals surface area contributed by atoms with E-state index in [-0.39, 0.29) is 24.8 Å². The number of nitrogens with two attached hydrogens (primary N) is 1. The van der Waals surface area contributed by atoms with Crippen molar-refractivity contribution < 1.29 is 0 Å². The Balaban J connectivity index is 0.00000112. The zero-order valence-electron chi connectivity index (χ0n) is 8.41. The summed E-state index contributed by atoms with van der Waals surface area (Å²) in [5, 5.41) is 4.02. The number of nitrogens with one attached hydrogen (secondary N) is 1. The summed E-state index contributed by atoms with van der Waals surface area (Å²) in [4.78, 5) is 3.87. The van der Waals surface area contributed by atoms with Crippen LogP contribution in [0.1, 0.15) is 5.56 Å². The largest absolute Gasteiger partial charge is 0.324 e. The first-order valence-electron chi connectivity index (χ1n) is 4.26. The highest BCUT2D eigenvalue weighted by atomic mass is 35.5. The summed E-state index contributed by atoms with van der Waals surface area (Å²) < 4.78 is 1.77. The van der Waals surface area contributed by atoms with Crippen LogP contribution in [0, 0.1) is 0 Å². The lowest BCUT2D eigenvalue weighted by Crippen LogP contribution is -2.06. The zero-order valence-corrected chi connectivity index (χ0v) is 10.0. The molecule has 0 atom stereocenters. The second kappa shape index (κ2) is 7.05. The van der Waals surface area contributed by atoms with E-state index in [1.54, 1.807) is 11.0 Å². The number of nitrogens with zero attached hydrogens (tertiary/aromatic N) is 3. The molecule has 5 nitrogen and oxygen atoms in total. The van der Waals surface area contributed by atoms with Crippen molar-refractivity contribution in [3.63, 3.8) is 0 Å². The van der Waals surface area contributed by atoms with E-state index in [0.29, 0.717) is 0 Å². The second-order valence-electron chi connectivity index (χ2n) is 2.93. The summed E-state index contributed by atoms with van der Waals surface area (Å²) in [7, 11) is 0. The van der Waals surface area contributed by atoms with Gasteiger partial charge in [0.05, 0.1) is 6.54 Å². The number of anilines is 1. The average Bonchev–Trinajstić information content (AvgIpc) is 2.72. The van der Waals surface area contributed by atoms with Crippen LogP contribution in [0.15, 0.2) is 36.9 Å². The van der Waals surface area contributed by atoms with E-state index in [0.717, 1.165) is 17.8 Å². The lowest BCUT2D eigenvalue weighted by atomic mass is 10.2. The van der Waals surface area contributed by atoms with E-state index in [9.17, 15) is 0 Å². The van der Waals surface area contributed by atoms with Gasteiger partial charge in [0.25, 0.3) is 0 Å². The maximum Gasteiger partial charge on any atom is 0.137 e. The summed E-state index contributed by atoms with van der Waals surface area (Å²) in [5.74, 6) is 5.26. The van der Waals surface area contributed by atoms with Crippen LogP contribution in [0.3, 0.4) is 0 Å². The molecule has 3 N–H and O–H groups in total. The number of hydrogen-bond donors (Lipinski definition) is 2. The van der Waals surface area contributed by atoms with Gasteiger partial charge in [-0.1, -0.05) is 12.1 Å². The van der Waals surface area contributed by atoms with Crippen LogP contribution in [0.25, 0.3) is 0 Å². The van der Waals surface area contributed by atoms with Crippen LogP contribution in [0.4, 0.5) is 5.69 Å². The van der Waals surface area contributed by atoms with E-state index in [2.05, 4.69) is 15.5 Å². The molecule has 0 unspecified atom stereocenters. The molecule has 1 heterocycles. The molecule has 0 amide bonds. The monoisotopic (exact) mass is 261 g/mol.